The molecule has 34 heavy (non-hydrogen) atoms. The van der Waals surface area contributed by atoms with Gasteiger partial charge in [-0.2, -0.15) is 18.3 Å². The van der Waals surface area contributed by atoms with Gasteiger partial charge in [-0.05, 0) is 42.0 Å². The van der Waals surface area contributed by atoms with Crippen LogP contribution in [0.4, 0.5) is 13.2 Å². The van der Waals surface area contributed by atoms with Crippen molar-refractivity contribution in [1.29, 1.82) is 0 Å². The van der Waals surface area contributed by atoms with E-state index in [1.807, 2.05) is 48.5 Å². The van der Waals surface area contributed by atoms with Crippen LogP contribution in [-0.2, 0) is 17.6 Å². The number of amides is 1. The van der Waals surface area contributed by atoms with E-state index in [1.54, 1.807) is 0 Å². The molecule has 0 radical (unpaired) electrons. The lowest BCUT2D eigenvalue weighted by Gasteiger charge is -2.47. The highest BCUT2D eigenvalue weighted by molar-refractivity contribution is 5.96. The Balaban J connectivity index is 1.71. The maximum Gasteiger partial charge on any atom is 0.408 e. The van der Waals surface area contributed by atoms with Gasteiger partial charge in [0.15, 0.2) is 11.5 Å². The Morgan fingerprint density at radius 1 is 1.03 bits per heavy atom. The molecule has 2 aromatic carbocycles. The predicted molar refractivity (Wildman–Crippen MR) is 119 cm³/mol. The first-order chi connectivity index (χ1) is 16.2. The smallest absolute Gasteiger partial charge is 0.408 e. The first-order valence-corrected chi connectivity index (χ1v) is 11.2. The van der Waals surface area contributed by atoms with E-state index in [2.05, 4.69) is 5.10 Å². The fourth-order valence-electron chi connectivity index (χ4n) is 5.22. The molecule has 1 aliphatic carbocycles. The van der Waals surface area contributed by atoms with Crippen molar-refractivity contribution >= 4 is 12.1 Å². The highest BCUT2D eigenvalue weighted by Gasteiger charge is 2.51. The van der Waals surface area contributed by atoms with Crippen LogP contribution in [0.25, 0.3) is 0 Å². The summed E-state index contributed by atoms with van der Waals surface area (Å²) in [5.41, 5.74) is 3.64. The van der Waals surface area contributed by atoms with Crippen molar-refractivity contribution < 1.29 is 28.2 Å². The molecular weight excluding hydrogens is 447 g/mol. The third-order valence-corrected chi connectivity index (χ3v) is 7.02. The number of aryl methyl sites for hydroxylation is 2. The summed E-state index contributed by atoms with van der Waals surface area (Å²) in [6.45, 7) is 0.677. The number of alkyl halides is 3. The molecule has 3 aliphatic rings. The van der Waals surface area contributed by atoms with Gasteiger partial charge in [0.1, 0.15) is 12.1 Å². The Labute approximate surface area is 194 Å². The van der Waals surface area contributed by atoms with E-state index >= 15 is 0 Å². The SMILES string of the molecule is C[C@@H](N1C[C@@H](C2c3ccccc3CCc3ccccc32)N2N=CC(O)C(O)=C2C1=O)C(F)(F)F. The van der Waals surface area contributed by atoms with Crippen molar-refractivity contribution in [2.75, 3.05) is 6.54 Å². The van der Waals surface area contributed by atoms with Crippen LogP contribution in [-0.4, -0.2) is 63.2 Å². The zero-order valence-electron chi connectivity index (χ0n) is 18.4. The van der Waals surface area contributed by atoms with Crippen molar-refractivity contribution in [2.24, 2.45) is 5.10 Å². The number of piperazine rings is 1. The molecule has 2 aliphatic heterocycles. The Morgan fingerprint density at radius 3 is 2.15 bits per heavy atom. The highest BCUT2D eigenvalue weighted by Crippen LogP contribution is 2.43. The molecule has 1 amide bonds. The van der Waals surface area contributed by atoms with Crippen molar-refractivity contribution in [2.45, 2.75) is 50.0 Å². The van der Waals surface area contributed by atoms with Crippen LogP contribution in [0.3, 0.4) is 0 Å². The molecule has 0 bridgehead atoms. The van der Waals surface area contributed by atoms with Gasteiger partial charge in [0.25, 0.3) is 5.91 Å². The number of rotatable bonds is 2. The summed E-state index contributed by atoms with van der Waals surface area (Å²) in [6, 6.07) is 12.8. The second-order valence-electron chi connectivity index (χ2n) is 8.91. The third-order valence-electron chi connectivity index (χ3n) is 7.02. The highest BCUT2D eigenvalue weighted by atomic mass is 19.4. The number of aliphatic hydroxyl groups excluding tert-OH is 2. The number of hydrogen-bond donors (Lipinski definition) is 2. The van der Waals surface area contributed by atoms with Gasteiger partial charge in [0, 0.05) is 12.5 Å². The number of hydrogen-bond acceptors (Lipinski definition) is 5. The number of nitrogens with zero attached hydrogens (tertiary/aromatic N) is 3. The van der Waals surface area contributed by atoms with Gasteiger partial charge < -0.3 is 15.1 Å². The molecule has 0 spiro atoms. The van der Waals surface area contributed by atoms with Gasteiger partial charge >= 0.3 is 6.18 Å². The zero-order chi connectivity index (χ0) is 24.2. The molecular formula is C25H24F3N3O3. The van der Waals surface area contributed by atoms with Crippen LogP contribution in [0.1, 0.15) is 35.1 Å². The second kappa shape index (κ2) is 8.16. The molecule has 6 nitrogen and oxygen atoms in total. The number of halogens is 3. The van der Waals surface area contributed by atoms with Crippen LogP contribution in [0.2, 0.25) is 0 Å². The molecule has 1 fully saturated rings. The van der Waals surface area contributed by atoms with Gasteiger partial charge in [-0.1, -0.05) is 48.5 Å². The maximum atomic E-state index is 13.8. The van der Waals surface area contributed by atoms with Gasteiger partial charge in [-0.25, -0.2) is 0 Å². The Hall–Kier alpha value is -3.33. The summed E-state index contributed by atoms with van der Waals surface area (Å²) < 4.78 is 41.3. The molecule has 9 heteroatoms. The lowest BCUT2D eigenvalue weighted by molar-refractivity contribution is -0.189. The topological polar surface area (TPSA) is 76.4 Å². The van der Waals surface area contributed by atoms with Crippen LogP contribution in [0, 0.1) is 0 Å². The zero-order valence-corrected chi connectivity index (χ0v) is 18.4. The van der Waals surface area contributed by atoms with Gasteiger partial charge in [0.05, 0.1) is 12.3 Å². The summed E-state index contributed by atoms with van der Waals surface area (Å²) in [6.07, 6.45) is -3.59. The molecule has 0 aromatic heterocycles. The maximum absolute atomic E-state index is 13.8. The number of hydrazone groups is 1. The normalized spacial score (nSPS) is 23.9. The van der Waals surface area contributed by atoms with E-state index in [0.717, 1.165) is 53.1 Å². The molecule has 178 valence electrons. The summed E-state index contributed by atoms with van der Waals surface area (Å²) in [5, 5.41) is 26.2. The number of fused-ring (bicyclic) bond motifs is 3. The Kier molecular flexibility index (Phi) is 5.39. The number of carbonyl (C=O) groups is 1. The average molecular weight is 471 g/mol. The molecule has 5 rings (SSSR count). The van der Waals surface area contributed by atoms with E-state index in [9.17, 15) is 28.2 Å². The van der Waals surface area contributed by atoms with E-state index in [-0.39, 0.29) is 6.54 Å². The molecule has 3 atom stereocenters. The standard InChI is InChI=1S/C25H24F3N3O3/c1-14(25(26,27)28)30-13-19(31-22(24(30)34)23(33)20(32)12-29-31)21-17-8-4-2-6-15(17)10-11-16-7-3-5-9-18(16)21/h2-9,12,14,19-21,32-33H,10-11,13H2,1H3/t14-,19+,20?/m1/s1. The fraction of sp³-hybridized carbons (Fsp3) is 0.360. The van der Waals surface area contributed by atoms with E-state index < -0.39 is 47.6 Å². The summed E-state index contributed by atoms with van der Waals surface area (Å²) in [4.78, 5) is 13.9. The molecule has 1 unspecified atom stereocenters. The summed E-state index contributed by atoms with van der Waals surface area (Å²) in [7, 11) is 0. The minimum Gasteiger partial charge on any atom is -0.507 e. The van der Waals surface area contributed by atoms with Crippen LogP contribution in [0.5, 0.6) is 0 Å². The number of aliphatic hydroxyl groups is 2. The molecule has 1 saturated heterocycles. The molecule has 0 saturated carbocycles. The van der Waals surface area contributed by atoms with Crippen LogP contribution in [0.15, 0.2) is 65.1 Å². The monoisotopic (exact) mass is 471 g/mol. The van der Waals surface area contributed by atoms with Gasteiger partial charge in [-0.15, -0.1) is 0 Å². The summed E-state index contributed by atoms with van der Waals surface area (Å²) >= 11 is 0. The predicted octanol–water partition coefficient (Wildman–Crippen LogP) is 3.51. The molecule has 2 heterocycles. The Bertz CT molecular complexity index is 1150. The van der Waals surface area contributed by atoms with Crippen LogP contribution < -0.4 is 0 Å². The number of carbonyl (C=O) groups excluding carboxylic acids is 1. The van der Waals surface area contributed by atoms with Gasteiger partial charge in [-0.3, -0.25) is 9.80 Å². The average Bonchev–Trinajstić information content (AvgIpc) is 2.97. The van der Waals surface area contributed by atoms with Crippen molar-refractivity contribution in [3.63, 3.8) is 0 Å². The van der Waals surface area contributed by atoms with Gasteiger partial charge in [0.2, 0.25) is 0 Å². The lowest BCUT2D eigenvalue weighted by atomic mass is 9.80. The minimum atomic E-state index is -4.66. The first kappa shape index (κ1) is 22.5. The second-order valence-corrected chi connectivity index (χ2v) is 8.91. The number of benzene rings is 2. The third kappa shape index (κ3) is 3.55. The first-order valence-electron chi connectivity index (χ1n) is 11.2. The van der Waals surface area contributed by atoms with Crippen molar-refractivity contribution in [1.82, 2.24) is 9.91 Å². The van der Waals surface area contributed by atoms with E-state index in [0.29, 0.717) is 0 Å². The largest absolute Gasteiger partial charge is 0.507 e. The Morgan fingerprint density at radius 2 is 1.59 bits per heavy atom. The lowest BCUT2D eigenvalue weighted by Crippen LogP contribution is -2.61. The van der Waals surface area contributed by atoms with E-state index in [1.165, 1.54) is 5.01 Å². The summed E-state index contributed by atoms with van der Waals surface area (Å²) in [5.74, 6) is -2.12. The quantitative estimate of drug-likeness (QED) is 0.703. The molecule has 2 N–H and O–H groups in total. The fourth-order valence-corrected chi connectivity index (χ4v) is 5.22. The molecule has 2 aromatic rings. The van der Waals surface area contributed by atoms with E-state index in [4.69, 9.17) is 0 Å². The minimum absolute atomic E-state index is 0.253. The van der Waals surface area contributed by atoms with Crippen molar-refractivity contribution in [3.8, 4) is 0 Å². The van der Waals surface area contributed by atoms with Crippen LogP contribution >= 0.6 is 0 Å². The van der Waals surface area contributed by atoms with Crippen molar-refractivity contribution in [3.05, 3.63) is 82.2 Å².